The van der Waals surface area contributed by atoms with Gasteiger partial charge in [0, 0.05) is 11.8 Å². The molecule has 0 nitrogen and oxygen atoms in total. The van der Waals surface area contributed by atoms with Crippen molar-refractivity contribution in [1.82, 2.24) is 0 Å². The molecular weight excluding hydrogens is 204 g/mol. The van der Waals surface area contributed by atoms with E-state index in [1.807, 2.05) is 0 Å². The molecule has 0 amide bonds. The maximum Gasteiger partial charge on any atom is 0.0225 e. The predicted molar refractivity (Wildman–Crippen MR) is 75.3 cm³/mol. The van der Waals surface area contributed by atoms with E-state index < -0.39 is 0 Å². The van der Waals surface area contributed by atoms with Gasteiger partial charge in [0.15, 0.2) is 0 Å². The van der Waals surface area contributed by atoms with E-state index in [2.05, 4.69) is 25.7 Å². The standard InChI is InChI=1S/C9H14.C8H12/c1-3-9-7-5-4-6-8(9)2;1-3-8-6-4-5-7(8)2/h1,8-9H,4-7H2,2H3;1,7-8H,4-6H2,2H3/t8?,9-;7?,8-/m00/s1. The van der Waals surface area contributed by atoms with Gasteiger partial charge in [-0.05, 0) is 37.5 Å². The third-order valence-electron chi connectivity index (χ3n) is 4.40. The van der Waals surface area contributed by atoms with Gasteiger partial charge in [0.1, 0.15) is 0 Å². The van der Waals surface area contributed by atoms with Crippen molar-refractivity contribution in [3.63, 3.8) is 0 Å². The van der Waals surface area contributed by atoms with Crippen molar-refractivity contribution in [3.05, 3.63) is 0 Å². The Labute approximate surface area is 108 Å². The molecule has 0 aromatic heterocycles. The minimum atomic E-state index is 0.582. The van der Waals surface area contributed by atoms with Crippen molar-refractivity contribution in [1.29, 1.82) is 0 Å². The van der Waals surface area contributed by atoms with Crippen LogP contribution in [-0.4, -0.2) is 0 Å². The molecule has 0 bridgehead atoms. The highest BCUT2D eigenvalue weighted by atomic mass is 14.2. The Hall–Kier alpha value is -0.880. The van der Waals surface area contributed by atoms with Gasteiger partial charge in [0.05, 0.1) is 0 Å². The molecule has 0 heteroatoms. The van der Waals surface area contributed by atoms with Gasteiger partial charge in [-0.25, -0.2) is 0 Å². The summed E-state index contributed by atoms with van der Waals surface area (Å²) >= 11 is 0. The van der Waals surface area contributed by atoms with Crippen molar-refractivity contribution in [3.8, 4) is 24.7 Å². The van der Waals surface area contributed by atoms with Crippen LogP contribution in [0.2, 0.25) is 0 Å². The van der Waals surface area contributed by atoms with E-state index in [9.17, 15) is 0 Å². The molecule has 2 fully saturated rings. The van der Waals surface area contributed by atoms with E-state index in [0.717, 1.165) is 11.8 Å². The third-order valence-corrected chi connectivity index (χ3v) is 4.40. The molecule has 0 N–H and O–H groups in total. The summed E-state index contributed by atoms with van der Waals surface area (Å²) in [5.74, 6) is 8.41. The van der Waals surface area contributed by atoms with Gasteiger partial charge >= 0.3 is 0 Å². The van der Waals surface area contributed by atoms with E-state index >= 15 is 0 Å². The first-order valence-corrected chi connectivity index (χ1v) is 7.11. The highest BCUT2D eigenvalue weighted by Gasteiger charge is 2.20. The van der Waals surface area contributed by atoms with Gasteiger partial charge in [0.2, 0.25) is 0 Å². The Morgan fingerprint density at radius 3 is 1.47 bits per heavy atom. The Kier molecular flexibility index (Phi) is 6.21. The Morgan fingerprint density at radius 2 is 1.12 bits per heavy atom. The fourth-order valence-corrected chi connectivity index (χ4v) is 2.96. The summed E-state index contributed by atoms with van der Waals surface area (Å²) in [5.41, 5.74) is 0. The van der Waals surface area contributed by atoms with Crippen LogP contribution < -0.4 is 0 Å². The van der Waals surface area contributed by atoms with Crippen LogP contribution in [0.25, 0.3) is 0 Å². The van der Waals surface area contributed by atoms with Crippen LogP contribution in [-0.2, 0) is 0 Å². The van der Waals surface area contributed by atoms with Crippen molar-refractivity contribution < 1.29 is 0 Å². The maximum absolute atomic E-state index is 5.34. The summed E-state index contributed by atoms with van der Waals surface area (Å²) in [6.07, 6.45) is 19.9. The number of terminal acetylenes is 2. The van der Waals surface area contributed by atoms with Gasteiger partial charge in [-0.15, -0.1) is 24.7 Å². The Bertz CT molecular complexity index is 288. The van der Waals surface area contributed by atoms with Gasteiger partial charge in [0.25, 0.3) is 0 Å². The topological polar surface area (TPSA) is 0 Å². The van der Waals surface area contributed by atoms with Gasteiger partial charge in [-0.1, -0.05) is 33.1 Å². The Morgan fingerprint density at radius 1 is 0.706 bits per heavy atom. The summed E-state index contributed by atoms with van der Waals surface area (Å²) in [6, 6.07) is 0. The van der Waals surface area contributed by atoms with Crippen molar-refractivity contribution in [2.75, 3.05) is 0 Å². The average molecular weight is 230 g/mol. The Balaban J connectivity index is 0.000000171. The normalized spacial score (nSPS) is 36.2. The van der Waals surface area contributed by atoms with E-state index in [4.69, 9.17) is 12.8 Å². The molecule has 2 rings (SSSR count). The quantitative estimate of drug-likeness (QED) is 0.537. The van der Waals surface area contributed by atoms with E-state index in [1.165, 1.54) is 44.9 Å². The van der Waals surface area contributed by atoms with E-state index in [1.54, 1.807) is 0 Å². The van der Waals surface area contributed by atoms with Gasteiger partial charge in [-0.3, -0.25) is 0 Å². The zero-order valence-corrected chi connectivity index (χ0v) is 11.4. The van der Waals surface area contributed by atoms with Crippen LogP contribution >= 0.6 is 0 Å². The first kappa shape index (κ1) is 14.2. The first-order valence-electron chi connectivity index (χ1n) is 7.11. The third kappa shape index (κ3) is 4.47. The minimum absolute atomic E-state index is 0.582. The monoisotopic (exact) mass is 230 g/mol. The van der Waals surface area contributed by atoms with Crippen LogP contribution in [0.15, 0.2) is 0 Å². The smallest absolute Gasteiger partial charge is 0.0225 e. The SMILES string of the molecule is C#C[C@H]1CCCC1C.C#C[C@H]1CCCCC1C. The highest BCUT2D eigenvalue weighted by molar-refractivity contribution is 4.98. The molecule has 0 aliphatic heterocycles. The lowest BCUT2D eigenvalue weighted by molar-refractivity contribution is 0.316. The summed E-state index contributed by atoms with van der Waals surface area (Å²) in [4.78, 5) is 0. The lowest BCUT2D eigenvalue weighted by Gasteiger charge is -2.23. The lowest BCUT2D eigenvalue weighted by atomic mass is 9.81. The second-order valence-electron chi connectivity index (χ2n) is 5.72. The maximum atomic E-state index is 5.34. The van der Waals surface area contributed by atoms with Gasteiger partial charge in [-0.2, -0.15) is 0 Å². The molecule has 2 saturated carbocycles. The molecule has 2 unspecified atom stereocenters. The molecule has 0 saturated heterocycles. The summed E-state index contributed by atoms with van der Waals surface area (Å²) in [7, 11) is 0. The molecule has 2 aliphatic rings. The highest BCUT2D eigenvalue weighted by Crippen LogP contribution is 2.30. The van der Waals surface area contributed by atoms with Crippen molar-refractivity contribution >= 4 is 0 Å². The molecular formula is C17H26. The van der Waals surface area contributed by atoms with Gasteiger partial charge < -0.3 is 0 Å². The molecule has 0 radical (unpaired) electrons. The number of hydrogen-bond donors (Lipinski definition) is 0. The lowest BCUT2D eigenvalue weighted by Crippen LogP contribution is -2.14. The molecule has 4 atom stereocenters. The molecule has 17 heavy (non-hydrogen) atoms. The molecule has 0 heterocycles. The van der Waals surface area contributed by atoms with Crippen molar-refractivity contribution in [2.45, 2.75) is 58.8 Å². The molecule has 0 aromatic carbocycles. The van der Waals surface area contributed by atoms with Crippen molar-refractivity contribution in [2.24, 2.45) is 23.7 Å². The number of hydrogen-bond acceptors (Lipinski definition) is 0. The fourth-order valence-electron chi connectivity index (χ4n) is 2.96. The number of rotatable bonds is 0. The van der Waals surface area contributed by atoms with Crippen LogP contribution in [0.1, 0.15) is 58.8 Å². The molecule has 0 aromatic rings. The predicted octanol–water partition coefficient (Wildman–Crippen LogP) is 4.50. The second-order valence-corrected chi connectivity index (χ2v) is 5.72. The summed E-state index contributed by atoms with van der Waals surface area (Å²) in [6.45, 7) is 4.52. The largest absolute Gasteiger partial charge is 0.120 e. The van der Waals surface area contributed by atoms with Crippen LogP contribution in [0.4, 0.5) is 0 Å². The zero-order valence-electron chi connectivity index (χ0n) is 11.4. The molecule has 2 aliphatic carbocycles. The van der Waals surface area contributed by atoms with E-state index in [0.29, 0.717) is 11.8 Å². The van der Waals surface area contributed by atoms with Crippen LogP contribution in [0.3, 0.4) is 0 Å². The summed E-state index contributed by atoms with van der Waals surface area (Å²) < 4.78 is 0. The van der Waals surface area contributed by atoms with E-state index in [-0.39, 0.29) is 0 Å². The fraction of sp³-hybridized carbons (Fsp3) is 0.765. The second kappa shape index (κ2) is 7.45. The van der Waals surface area contributed by atoms with Crippen LogP contribution in [0, 0.1) is 48.4 Å². The molecule has 0 spiro atoms. The first-order chi connectivity index (χ1) is 8.19. The summed E-state index contributed by atoms with van der Waals surface area (Å²) in [5, 5.41) is 0. The zero-order chi connectivity index (χ0) is 12.7. The minimum Gasteiger partial charge on any atom is -0.120 e. The van der Waals surface area contributed by atoms with Crippen LogP contribution in [0.5, 0.6) is 0 Å². The average Bonchev–Trinajstić information content (AvgIpc) is 2.76. The molecule has 94 valence electrons.